The molecule has 1 unspecified atom stereocenters. The average Bonchev–Trinajstić information content (AvgIpc) is 2.80. The molecule has 1 N–H and O–H groups in total. The Hall–Kier alpha value is -2.53. The van der Waals surface area contributed by atoms with Crippen LogP contribution in [0.25, 0.3) is 0 Å². The lowest BCUT2D eigenvalue weighted by Crippen LogP contribution is -2.45. The van der Waals surface area contributed by atoms with Gasteiger partial charge in [-0.25, -0.2) is 0 Å². The Morgan fingerprint density at radius 3 is 2.40 bits per heavy atom. The van der Waals surface area contributed by atoms with Gasteiger partial charge in [0.1, 0.15) is 6.61 Å². The molecule has 0 radical (unpaired) electrons. The van der Waals surface area contributed by atoms with Crippen molar-refractivity contribution in [2.75, 3.05) is 33.3 Å². The first kappa shape index (κ1) is 20.7. The van der Waals surface area contributed by atoms with Crippen LogP contribution in [0.4, 0.5) is 0 Å². The molecule has 1 atom stereocenters. The topological polar surface area (TPSA) is 33.7 Å². The van der Waals surface area contributed by atoms with Crippen LogP contribution in [0.3, 0.4) is 0 Å². The molecule has 3 aromatic rings. The van der Waals surface area contributed by atoms with E-state index in [4.69, 9.17) is 21.1 Å². The third-order valence-corrected chi connectivity index (χ3v) is 5.66. The molecule has 1 heterocycles. The minimum absolute atomic E-state index is 0.114. The average molecular weight is 423 g/mol. The van der Waals surface area contributed by atoms with Crippen molar-refractivity contribution in [3.8, 4) is 11.5 Å². The van der Waals surface area contributed by atoms with Gasteiger partial charge in [0.2, 0.25) is 0 Å². The molecule has 0 aliphatic carbocycles. The lowest BCUT2D eigenvalue weighted by Gasteiger charge is -2.36. The van der Waals surface area contributed by atoms with Crippen molar-refractivity contribution in [1.82, 2.24) is 10.2 Å². The maximum atomic E-state index is 6.32. The van der Waals surface area contributed by atoms with E-state index in [1.165, 1.54) is 11.1 Å². The van der Waals surface area contributed by atoms with E-state index in [1.807, 2.05) is 36.4 Å². The molecule has 0 amide bonds. The largest absolute Gasteiger partial charge is 0.493 e. The van der Waals surface area contributed by atoms with Crippen LogP contribution < -0.4 is 14.8 Å². The van der Waals surface area contributed by atoms with Crippen molar-refractivity contribution in [3.05, 3.63) is 94.5 Å². The summed E-state index contributed by atoms with van der Waals surface area (Å²) in [5, 5.41) is 4.19. The van der Waals surface area contributed by atoms with E-state index in [0.29, 0.717) is 6.61 Å². The second-order valence-corrected chi connectivity index (χ2v) is 7.86. The summed E-state index contributed by atoms with van der Waals surface area (Å²) in [6, 6.07) is 24.6. The molecule has 5 heteroatoms. The number of nitrogens with one attached hydrogen (secondary N) is 1. The van der Waals surface area contributed by atoms with Gasteiger partial charge in [-0.1, -0.05) is 60.1 Å². The molecule has 3 aromatic carbocycles. The third-order valence-electron chi connectivity index (χ3n) is 5.42. The number of hydrogen-bond acceptors (Lipinski definition) is 4. The van der Waals surface area contributed by atoms with Gasteiger partial charge in [0, 0.05) is 31.2 Å². The van der Waals surface area contributed by atoms with Gasteiger partial charge in [-0.05, 0) is 41.0 Å². The fourth-order valence-electron chi connectivity index (χ4n) is 3.94. The number of rotatable bonds is 7. The smallest absolute Gasteiger partial charge is 0.161 e. The lowest BCUT2D eigenvalue weighted by atomic mass is 9.96. The van der Waals surface area contributed by atoms with E-state index in [9.17, 15) is 0 Å². The molecule has 1 aliphatic heterocycles. The van der Waals surface area contributed by atoms with E-state index in [0.717, 1.165) is 48.3 Å². The zero-order valence-electron chi connectivity index (χ0n) is 17.2. The van der Waals surface area contributed by atoms with Crippen LogP contribution in [-0.2, 0) is 6.61 Å². The van der Waals surface area contributed by atoms with Gasteiger partial charge in [-0.2, -0.15) is 0 Å². The van der Waals surface area contributed by atoms with Gasteiger partial charge in [0.25, 0.3) is 0 Å². The van der Waals surface area contributed by atoms with Crippen LogP contribution in [-0.4, -0.2) is 38.2 Å². The van der Waals surface area contributed by atoms with E-state index in [2.05, 4.69) is 46.6 Å². The van der Waals surface area contributed by atoms with E-state index in [-0.39, 0.29) is 6.04 Å². The summed E-state index contributed by atoms with van der Waals surface area (Å²) in [6.45, 7) is 4.42. The van der Waals surface area contributed by atoms with E-state index < -0.39 is 0 Å². The molecule has 30 heavy (non-hydrogen) atoms. The Morgan fingerprint density at radius 1 is 0.900 bits per heavy atom. The van der Waals surface area contributed by atoms with Gasteiger partial charge in [-0.15, -0.1) is 0 Å². The number of ether oxygens (including phenoxy) is 2. The van der Waals surface area contributed by atoms with Gasteiger partial charge in [0.15, 0.2) is 11.5 Å². The van der Waals surface area contributed by atoms with Crippen molar-refractivity contribution >= 4 is 11.6 Å². The quantitative estimate of drug-likeness (QED) is 0.585. The Bertz CT molecular complexity index is 958. The molecule has 1 aliphatic rings. The number of methoxy groups -OCH3 is 1. The monoisotopic (exact) mass is 422 g/mol. The standard InChI is InChI=1S/C25H27ClN2O2/c1-29-24-17-21(10-11-23(24)30-18-19-6-3-2-4-7-19)25(28-14-12-27-13-15-28)20-8-5-9-22(26)16-20/h2-11,16-17,25,27H,12-15,18H2,1H3. The number of benzene rings is 3. The minimum Gasteiger partial charge on any atom is -0.493 e. The zero-order valence-corrected chi connectivity index (χ0v) is 17.9. The maximum Gasteiger partial charge on any atom is 0.161 e. The van der Waals surface area contributed by atoms with Crippen molar-refractivity contribution in [2.24, 2.45) is 0 Å². The summed E-state index contributed by atoms with van der Waals surface area (Å²) >= 11 is 6.32. The van der Waals surface area contributed by atoms with Crippen LogP contribution in [0, 0.1) is 0 Å². The summed E-state index contributed by atoms with van der Waals surface area (Å²) in [4.78, 5) is 2.49. The number of hydrogen-bond donors (Lipinski definition) is 1. The molecule has 4 nitrogen and oxygen atoms in total. The Balaban J connectivity index is 1.63. The van der Waals surface area contributed by atoms with Gasteiger partial charge in [0.05, 0.1) is 13.2 Å². The molecule has 1 saturated heterocycles. The second-order valence-electron chi connectivity index (χ2n) is 7.43. The fourth-order valence-corrected chi connectivity index (χ4v) is 4.14. The summed E-state index contributed by atoms with van der Waals surface area (Å²) in [6.07, 6.45) is 0. The van der Waals surface area contributed by atoms with E-state index >= 15 is 0 Å². The van der Waals surface area contributed by atoms with Crippen molar-refractivity contribution in [2.45, 2.75) is 12.6 Å². The molecular formula is C25H27ClN2O2. The van der Waals surface area contributed by atoms with Crippen LogP contribution >= 0.6 is 11.6 Å². The maximum absolute atomic E-state index is 6.32. The predicted molar refractivity (Wildman–Crippen MR) is 122 cm³/mol. The van der Waals surface area contributed by atoms with Crippen molar-refractivity contribution < 1.29 is 9.47 Å². The van der Waals surface area contributed by atoms with Gasteiger partial charge >= 0.3 is 0 Å². The number of nitrogens with zero attached hydrogens (tertiary/aromatic N) is 1. The van der Waals surface area contributed by atoms with Crippen molar-refractivity contribution in [1.29, 1.82) is 0 Å². The minimum atomic E-state index is 0.114. The van der Waals surface area contributed by atoms with Gasteiger partial charge < -0.3 is 14.8 Å². The Kier molecular flexibility index (Phi) is 6.90. The third kappa shape index (κ3) is 4.96. The highest BCUT2D eigenvalue weighted by Crippen LogP contribution is 2.36. The first-order chi connectivity index (χ1) is 14.7. The normalized spacial score (nSPS) is 15.5. The van der Waals surface area contributed by atoms with Crippen molar-refractivity contribution in [3.63, 3.8) is 0 Å². The molecular weight excluding hydrogens is 396 g/mol. The first-order valence-electron chi connectivity index (χ1n) is 10.3. The first-order valence-corrected chi connectivity index (χ1v) is 10.7. The molecule has 156 valence electrons. The fraction of sp³-hybridized carbons (Fsp3) is 0.280. The predicted octanol–water partition coefficient (Wildman–Crippen LogP) is 4.92. The lowest BCUT2D eigenvalue weighted by molar-refractivity contribution is 0.198. The summed E-state index contributed by atoms with van der Waals surface area (Å²) in [5.74, 6) is 1.49. The molecule has 0 bridgehead atoms. The molecule has 0 aromatic heterocycles. The van der Waals surface area contributed by atoms with Gasteiger partial charge in [-0.3, -0.25) is 4.90 Å². The summed E-state index contributed by atoms with van der Waals surface area (Å²) in [7, 11) is 1.69. The molecule has 4 rings (SSSR count). The Labute approximate surface area is 183 Å². The number of halogens is 1. The summed E-state index contributed by atoms with van der Waals surface area (Å²) < 4.78 is 11.7. The SMILES string of the molecule is COc1cc(C(c2cccc(Cl)c2)N2CCNCC2)ccc1OCc1ccccc1. The second kappa shape index (κ2) is 9.98. The van der Waals surface area contributed by atoms with Crippen LogP contribution in [0.15, 0.2) is 72.8 Å². The Morgan fingerprint density at radius 2 is 1.67 bits per heavy atom. The number of piperazine rings is 1. The highest BCUT2D eigenvalue weighted by Gasteiger charge is 2.25. The van der Waals surface area contributed by atoms with Crippen LogP contribution in [0.2, 0.25) is 5.02 Å². The molecule has 0 saturated carbocycles. The van der Waals surface area contributed by atoms with E-state index in [1.54, 1.807) is 7.11 Å². The van der Waals surface area contributed by atoms with Crippen LogP contribution in [0.1, 0.15) is 22.7 Å². The molecule has 1 fully saturated rings. The van der Waals surface area contributed by atoms with Crippen LogP contribution in [0.5, 0.6) is 11.5 Å². The highest BCUT2D eigenvalue weighted by atomic mass is 35.5. The summed E-state index contributed by atoms with van der Waals surface area (Å²) in [5.41, 5.74) is 3.48. The zero-order chi connectivity index (χ0) is 20.8. The highest BCUT2D eigenvalue weighted by molar-refractivity contribution is 6.30. The molecule has 0 spiro atoms.